The highest BCUT2D eigenvalue weighted by atomic mass is 35.5. The standard InChI is InChI=1S/C23H24ClN7O2/c1-15(16-4-6-19(24)7-5-16)28-22(32)23(33-3)12-30(13-23)21-20-8-17(11-31(20)27-14-25-21)18-9-26-29(2)10-18/h4-11,14-15H,12-13H2,1-3H3,(H,28,32)/t15-/m0/s1. The summed E-state index contributed by atoms with van der Waals surface area (Å²) in [5.74, 6) is 0.603. The van der Waals surface area contributed by atoms with Gasteiger partial charge in [0, 0.05) is 42.7 Å². The Bertz CT molecular complexity index is 1310. The number of anilines is 1. The van der Waals surface area contributed by atoms with E-state index in [0.29, 0.717) is 18.1 Å². The minimum Gasteiger partial charge on any atom is -0.365 e. The van der Waals surface area contributed by atoms with Crippen LogP contribution in [0.4, 0.5) is 5.82 Å². The molecule has 1 N–H and O–H groups in total. The third-order valence-corrected chi connectivity index (χ3v) is 6.39. The first-order valence-corrected chi connectivity index (χ1v) is 11.0. The normalized spacial score (nSPS) is 15.9. The van der Waals surface area contributed by atoms with E-state index in [9.17, 15) is 4.79 Å². The van der Waals surface area contributed by atoms with Crippen molar-refractivity contribution in [3.05, 3.63) is 65.8 Å². The van der Waals surface area contributed by atoms with E-state index < -0.39 is 5.60 Å². The quantitative estimate of drug-likeness (QED) is 0.471. The molecule has 1 aromatic carbocycles. The highest BCUT2D eigenvalue weighted by Gasteiger charge is 2.51. The molecular formula is C23H24ClN7O2. The van der Waals surface area contributed by atoms with Crippen LogP contribution in [-0.2, 0) is 16.6 Å². The molecule has 0 saturated carbocycles. The number of carbonyl (C=O) groups is 1. The molecule has 4 heterocycles. The van der Waals surface area contributed by atoms with Crippen LogP contribution in [0.5, 0.6) is 0 Å². The van der Waals surface area contributed by atoms with Gasteiger partial charge in [0.25, 0.3) is 5.91 Å². The number of aromatic nitrogens is 5. The first-order chi connectivity index (χ1) is 15.9. The van der Waals surface area contributed by atoms with Gasteiger partial charge in [0.2, 0.25) is 0 Å². The second kappa shape index (κ2) is 8.17. The maximum absolute atomic E-state index is 13.1. The van der Waals surface area contributed by atoms with Gasteiger partial charge in [-0.3, -0.25) is 9.48 Å². The molecule has 9 nitrogen and oxygen atoms in total. The second-order valence-electron chi connectivity index (χ2n) is 8.35. The van der Waals surface area contributed by atoms with E-state index >= 15 is 0 Å². The van der Waals surface area contributed by atoms with Crippen molar-refractivity contribution in [2.45, 2.75) is 18.6 Å². The van der Waals surface area contributed by atoms with E-state index in [-0.39, 0.29) is 11.9 Å². The number of aryl methyl sites for hydroxylation is 1. The maximum atomic E-state index is 13.1. The van der Waals surface area contributed by atoms with Crippen LogP contribution in [0.2, 0.25) is 5.02 Å². The number of hydrogen-bond donors (Lipinski definition) is 1. The zero-order valence-corrected chi connectivity index (χ0v) is 19.3. The van der Waals surface area contributed by atoms with Crippen molar-refractivity contribution in [2.75, 3.05) is 25.1 Å². The van der Waals surface area contributed by atoms with Crippen LogP contribution in [0.1, 0.15) is 18.5 Å². The molecule has 0 aliphatic carbocycles. The summed E-state index contributed by atoms with van der Waals surface area (Å²) in [4.78, 5) is 19.6. The predicted molar refractivity (Wildman–Crippen MR) is 125 cm³/mol. The van der Waals surface area contributed by atoms with Gasteiger partial charge in [-0.1, -0.05) is 23.7 Å². The Morgan fingerprint density at radius 1 is 1.18 bits per heavy atom. The summed E-state index contributed by atoms with van der Waals surface area (Å²) in [7, 11) is 3.45. The van der Waals surface area contributed by atoms with Crippen LogP contribution in [0.3, 0.4) is 0 Å². The van der Waals surface area contributed by atoms with Gasteiger partial charge in [0.15, 0.2) is 11.4 Å². The molecule has 1 saturated heterocycles. The SMILES string of the molecule is COC1(C(=O)N[C@@H](C)c2ccc(Cl)cc2)CN(c2ncnn3cc(-c4cnn(C)c4)cc23)C1. The number of ether oxygens (including phenoxy) is 1. The molecule has 10 heteroatoms. The van der Waals surface area contributed by atoms with Crippen LogP contribution in [0.25, 0.3) is 16.6 Å². The van der Waals surface area contributed by atoms with Crippen molar-refractivity contribution in [1.29, 1.82) is 0 Å². The zero-order chi connectivity index (χ0) is 23.2. The van der Waals surface area contributed by atoms with Crippen molar-refractivity contribution in [1.82, 2.24) is 29.7 Å². The van der Waals surface area contributed by atoms with Crippen molar-refractivity contribution in [3.63, 3.8) is 0 Å². The van der Waals surface area contributed by atoms with E-state index in [0.717, 1.165) is 28.0 Å². The first-order valence-electron chi connectivity index (χ1n) is 10.6. The number of rotatable bonds is 6. The Hall–Kier alpha value is -3.43. The maximum Gasteiger partial charge on any atom is 0.256 e. The molecule has 1 amide bonds. The van der Waals surface area contributed by atoms with E-state index in [4.69, 9.17) is 16.3 Å². The number of benzene rings is 1. The zero-order valence-electron chi connectivity index (χ0n) is 18.6. The summed E-state index contributed by atoms with van der Waals surface area (Å²) in [6.07, 6.45) is 7.23. The van der Waals surface area contributed by atoms with Gasteiger partial charge < -0.3 is 15.0 Å². The number of halogens is 1. The molecule has 0 spiro atoms. The van der Waals surface area contributed by atoms with Crippen molar-refractivity contribution < 1.29 is 9.53 Å². The molecule has 5 rings (SSSR count). The number of carbonyl (C=O) groups excluding carboxylic acids is 1. The highest BCUT2D eigenvalue weighted by molar-refractivity contribution is 6.30. The summed E-state index contributed by atoms with van der Waals surface area (Å²) in [5.41, 5.74) is 2.89. The molecule has 1 fully saturated rings. The average Bonchev–Trinajstić information content (AvgIpc) is 3.40. The second-order valence-corrected chi connectivity index (χ2v) is 8.78. The molecule has 33 heavy (non-hydrogen) atoms. The van der Waals surface area contributed by atoms with Crippen LogP contribution in [0, 0.1) is 0 Å². The number of nitrogens with zero attached hydrogens (tertiary/aromatic N) is 6. The van der Waals surface area contributed by atoms with Crippen molar-refractivity contribution in [2.24, 2.45) is 7.05 Å². The Morgan fingerprint density at radius 3 is 2.61 bits per heavy atom. The Morgan fingerprint density at radius 2 is 1.94 bits per heavy atom. The summed E-state index contributed by atoms with van der Waals surface area (Å²) >= 11 is 5.97. The van der Waals surface area contributed by atoms with Crippen LogP contribution in [0.15, 0.2) is 55.2 Å². The molecule has 3 aromatic heterocycles. The van der Waals surface area contributed by atoms with Gasteiger partial charge in [-0.15, -0.1) is 0 Å². The van der Waals surface area contributed by atoms with E-state index in [1.807, 2.05) is 67.8 Å². The van der Waals surface area contributed by atoms with Gasteiger partial charge >= 0.3 is 0 Å². The molecule has 1 atom stereocenters. The average molecular weight is 466 g/mol. The molecule has 0 unspecified atom stereocenters. The minimum atomic E-state index is -0.943. The van der Waals surface area contributed by atoms with Gasteiger partial charge in [-0.05, 0) is 30.7 Å². The van der Waals surface area contributed by atoms with E-state index in [2.05, 4.69) is 20.5 Å². The molecular weight excluding hydrogens is 442 g/mol. The lowest BCUT2D eigenvalue weighted by atomic mass is 9.91. The molecule has 4 aromatic rings. The molecule has 0 radical (unpaired) electrons. The Labute approximate surface area is 195 Å². The van der Waals surface area contributed by atoms with E-state index in [1.165, 1.54) is 6.33 Å². The fourth-order valence-electron chi connectivity index (χ4n) is 4.14. The highest BCUT2D eigenvalue weighted by Crippen LogP contribution is 2.34. The molecule has 1 aliphatic rings. The van der Waals surface area contributed by atoms with E-state index in [1.54, 1.807) is 16.3 Å². The lowest BCUT2D eigenvalue weighted by Gasteiger charge is -2.48. The first kappa shape index (κ1) is 21.4. The Balaban J connectivity index is 1.34. The summed E-state index contributed by atoms with van der Waals surface area (Å²) in [6.45, 7) is 2.72. The largest absolute Gasteiger partial charge is 0.365 e. The van der Waals surface area contributed by atoms with Gasteiger partial charge in [0.05, 0.1) is 25.3 Å². The summed E-state index contributed by atoms with van der Waals surface area (Å²) in [5, 5.41) is 12.3. The smallest absolute Gasteiger partial charge is 0.256 e. The third kappa shape index (κ3) is 3.83. The Kier molecular flexibility index (Phi) is 5.30. The fourth-order valence-corrected chi connectivity index (χ4v) is 4.26. The van der Waals surface area contributed by atoms with Gasteiger partial charge in [-0.25, -0.2) is 9.50 Å². The number of fused-ring (bicyclic) bond motifs is 1. The molecule has 170 valence electrons. The summed E-state index contributed by atoms with van der Waals surface area (Å²) in [6, 6.07) is 9.30. The predicted octanol–water partition coefficient (Wildman–Crippen LogP) is 2.87. The molecule has 1 aliphatic heterocycles. The lowest BCUT2D eigenvalue weighted by Crippen LogP contribution is -2.70. The van der Waals surface area contributed by atoms with Crippen LogP contribution in [-0.4, -0.2) is 56.1 Å². The number of nitrogens with one attached hydrogen (secondary N) is 1. The topological polar surface area (TPSA) is 89.6 Å². The minimum absolute atomic E-state index is 0.153. The third-order valence-electron chi connectivity index (χ3n) is 6.14. The monoisotopic (exact) mass is 465 g/mol. The van der Waals surface area contributed by atoms with Crippen LogP contribution < -0.4 is 10.2 Å². The molecule has 0 bridgehead atoms. The van der Waals surface area contributed by atoms with Gasteiger partial charge in [0.1, 0.15) is 11.8 Å². The van der Waals surface area contributed by atoms with Crippen molar-refractivity contribution in [3.8, 4) is 11.1 Å². The number of amides is 1. The fraction of sp³-hybridized carbons (Fsp3) is 0.304. The number of hydrogen-bond acceptors (Lipinski definition) is 6. The van der Waals surface area contributed by atoms with Gasteiger partial charge in [-0.2, -0.15) is 10.2 Å². The number of methoxy groups -OCH3 is 1. The summed E-state index contributed by atoms with van der Waals surface area (Å²) < 4.78 is 9.25. The van der Waals surface area contributed by atoms with Crippen LogP contribution >= 0.6 is 11.6 Å². The lowest BCUT2D eigenvalue weighted by molar-refractivity contribution is -0.147. The van der Waals surface area contributed by atoms with Crippen molar-refractivity contribution >= 4 is 28.8 Å².